The number of aryl methyl sites for hydroxylation is 1. The van der Waals surface area contributed by atoms with Gasteiger partial charge in [0.2, 0.25) is 17.8 Å². The Kier molecular flexibility index (Phi) is 5.25. The Bertz CT molecular complexity index is 700. The average Bonchev–Trinajstić information content (AvgIpc) is 2.61. The molecule has 1 aliphatic heterocycles. The number of rotatable bonds is 5. The fourth-order valence-electron chi connectivity index (χ4n) is 3.12. The zero-order chi connectivity index (χ0) is 17.8. The summed E-state index contributed by atoms with van der Waals surface area (Å²) in [5.41, 5.74) is 5.38. The average molecular weight is 344 g/mol. The van der Waals surface area contributed by atoms with Crippen molar-refractivity contribution in [1.82, 2.24) is 20.7 Å². The minimum atomic E-state index is -0.0656. The van der Waals surface area contributed by atoms with Crippen LogP contribution in [-0.4, -0.2) is 41.6 Å². The van der Waals surface area contributed by atoms with E-state index in [1.807, 2.05) is 25.2 Å². The molecule has 0 aromatic carbocycles. The molecule has 2 N–H and O–H groups in total. The minimum Gasteiger partial charge on any atom is -0.349 e. The first-order valence-electron chi connectivity index (χ1n) is 8.69. The molecule has 0 unspecified atom stereocenters. The van der Waals surface area contributed by atoms with E-state index in [2.05, 4.69) is 25.8 Å². The largest absolute Gasteiger partial charge is 0.349 e. The number of hydrazone groups is 1. The van der Waals surface area contributed by atoms with Crippen LogP contribution >= 0.6 is 0 Å². The molecule has 134 valence electrons. The molecule has 8 nitrogen and oxygen atoms in total. The highest BCUT2D eigenvalue weighted by Crippen LogP contribution is 2.29. The normalized spacial score (nSPS) is 19.5. The Morgan fingerprint density at radius 3 is 2.92 bits per heavy atom. The van der Waals surface area contributed by atoms with Crippen LogP contribution in [0.2, 0.25) is 0 Å². The third-order valence-electron chi connectivity index (χ3n) is 4.52. The summed E-state index contributed by atoms with van der Waals surface area (Å²) in [4.78, 5) is 34.2. The van der Waals surface area contributed by atoms with E-state index in [0.29, 0.717) is 31.6 Å². The highest BCUT2D eigenvalue weighted by Gasteiger charge is 2.24. The van der Waals surface area contributed by atoms with Gasteiger partial charge in [0.25, 0.3) is 0 Å². The lowest BCUT2D eigenvalue weighted by atomic mass is 9.92. The Hall–Kier alpha value is -2.51. The lowest BCUT2D eigenvalue weighted by Gasteiger charge is -2.26. The van der Waals surface area contributed by atoms with E-state index in [1.165, 1.54) is 0 Å². The van der Waals surface area contributed by atoms with Gasteiger partial charge in [0.05, 0.1) is 11.7 Å². The number of fused-ring (bicyclic) bond motifs is 1. The number of anilines is 1. The van der Waals surface area contributed by atoms with Crippen LogP contribution in [0.25, 0.3) is 0 Å². The fraction of sp³-hybridized carbons (Fsp3) is 0.588. The monoisotopic (exact) mass is 344 g/mol. The van der Waals surface area contributed by atoms with Gasteiger partial charge in [0.1, 0.15) is 0 Å². The maximum Gasteiger partial charge on any atom is 0.240 e. The highest BCUT2D eigenvalue weighted by molar-refractivity contribution is 5.94. The molecule has 0 saturated heterocycles. The molecule has 0 radical (unpaired) electrons. The van der Waals surface area contributed by atoms with Gasteiger partial charge in [-0.25, -0.2) is 15.4 Å². The van der Waals surface area contributed by atoms with Gasteiger partial charge in [-0.1, -0.05) is 0 Å². The first kappa shape index (κ1) is 17.3. The second-order valence-corrected chi connectivity index (χ2v) is 6.69. The molecule has 25 heavy (non-hydrogen) atoms. The number of hydrogen-bond donors (Lipinski definition) is 2. The number of aromatic nitrogens is 2. The van der Waals surface area contributed by atoms with Crippen molar-refractivity contribution in [2.45, 2.75) is 51.0 Å². The third-order valence-corrected chi connectivity index (χ3v) is 4.52. The van der Waals surface area contributed by atoms with E-state index in [4.69, 9.17) is 0 Å². The van der Waals surface area contributed by atoms with Gasteiger partial charge < -0.3 is 10.2 Å². The predicted molar refractivity (Wildman–Crippen MR) is 94.2 cm³/mol. The van der Waals surface area contributed by atoms with E-state index in [9.17, 15) is 9.59 Å². The number of nitrogens with one attached hydrogen (secondary N) is 2. The molecule has 2 heterocycles. The summed E-state index contributed by atoms with van der Waals surface area (Å²) < 4.78 is 0. The van der Waals surface area contributed by atoms with E-state index in [1.54, 1.807) is 0 Å². The van der Waals surface area contributed by atoms with Crippen molar-refractivity contribution in [3.05, 3.63) is 17.5 Å². The van der Waals surface area contributed by atoms with Gasteiger partial charge in [-0.2, -0.15) is 5.10 Å². The van der Waals surface area contributed by atoms with Crippen LogP contribution < -0.4 is 15.6 Å². The maximum absolute atomic E-state index is 12.3. The van der Waals surface area contributed by atoms with E-state index < -0.39 is 0 Å². The summed E-state index contributed by atoms with van der Waals surface area (Å²) in [6.45, 7) is 0. The first-order chi connectivity index (χ1) is 12.0. The molecular formula is C17H24N6O2. The standard InChI is InChI=1S/C17H24N6O2/c1-23(2)17-18-10-12-13(4-3-5-14(12)20-17)19-15(24)8-6-11-7-9-16(25)22-21-11/h10,13H,3-9H2,1-2H3,(H,19,24)(H,22,25)/t13-/m0/s1. The quantitative estimate of drug-likeness (QED) is 0.833. The molecule has 0 saturated carbocycles. The first-order valence-corrected chi connectivity index (χ1v) is 8.69. The summed E-state index contributed by atoms with van der Waals surface area (Å²) >= 11 is 0. The second-order valence-electron chi connectivity index (χ2n) is 6.69. The zero-order valence-corrected chi connectivity index (χ0v) is 14.7. The van der Waals surface area contributed by atoms with Gasteiger partial charge >= 0.3 is 0 Å². The van der Waals surface area contributed by atoms with Crippen LogP contribution in [0.1, 0.15) is 55.8 Å². The molecule has 1 aromatic rings. The molecule has 3 rings (SSSR count). The number of carbonyl (C=O) groups excluding carboxylic acids is 2. The van der Waals surface area contributed by atoms with Crippen molar-refractivity contribution >= 4 is 23.5 Å². The van der Waals surface area contributed by atoms with Crippen molar-refractivity contribution in [2.75, 3.05) is 19.0 Å². The Morgan fingerprint density at radius 1 is 1.36 bits per heavy atom. The Labute approximate surface area is 147 Å². The van der Waals surface area contributed by atoms with Gasteiger partial charge in [-0.05, 0) is 32.1 Å². The molecule has 2 aliphatic rings. The molecule has 1 aromatic heterocycles. The second kappa shape index (κ2) is 7.58. The number of amides is 2. The van der Waals surface area contributed by atoms with Crippen molar-refractivity contribution in [3.63, 3.8) is 0 Å². The maximum atomic E-state index is 12.3. The van der Waals surface area contributed by atoms with Gasteiger partial charge in [0.15, 0.2) is 0 Å². The molecule has 1 aliphatic carbocycles. The van der Waals surface area contributed by atoms with Gasteiger partial charge in [-0.15, -0.1) is 0 Å². The van der Waals surface area contributed by atoms with Crippen molar-refractivity contribution in [1.29, 1.82) is 0 Å². The molecule has 0 fully saturated rings. The lowest BCUT2D eigenvalue weighted by Crippen LogP contribution is -2.32. The number of carbonyl (C=O) groups is 2. The molecule has 0 spiro atoms. The SMILES string of the molecule is CN(C)c1ncc2c(n1)CCC[C@@H]2NC(=O)CCC1=NNC(=O)CC1. The lowest BCUT2D eigenvalue weighted by molar-refractivity contribution is -0.122. The summed E-state index contributed by atoms with van der Waals surface area (Å²) in [6, 6.07) is -0.0274. The smallest absolute Gasteiger partial charge is 0.240 e. The molecule has 0 bridgehead atoms. The van der Waals surface area contributed by atoms with Crippen LogP contribution in [0, 0.1) is 0 Å². The Morgan fingerprint density at radius 2 is 2.20 bits per heavy atom. The van der Waals surface area contributed by atoms with Crippen LogP contribution in [0.3, 0.4) is 0 Å². The van der Waals surface area contributed by atoms with Crippen molar-refractivity contribution in [2.24, 2.45) is 5.10 Å². The molecule has 1 atom stereocenters. The van der Waals surface area contributed by atoms with Gasteiger partial charge in [-0.3, -0.25) is 9.59 Å². The van der Waals surface area contributed by atoms with E-state index in [-0.39, 0.29) is 17.9 Å². The summed E-state index contributed by atoms with van der Waals surface area (Å²) in [7, 11) is 3.83. The Balaban J connectivity index is 1.58. The predicted octanol–water partition coefficient (Wildman–Crippen LogP) is 1.08. The molecule has 2 amide bonds. The summed E-state index contributed by atoms with van der Waals surface area (Å²) in [5.74, 6) is 0.626. The number of nitrogens with zero attached hydrogens (tertiary/aromatic N) is 4. The fourth-order valence-corrected chi connectivity index (χ4v) is 3.12. The van der Waals surface area contributed by atoms with E-state index >= 15 is 0 Å². The van der Waals surface area contributed by atoms with Crippen LogP contribution in [-0.2, 0) is 16.0 Å². The topological polar surface area (TPSA) is 99.6 Å². The van der Waals surface area contributed by atoms with Crippen LogP contribution in [0.4, 0.5) is 5.95 Å². The van der Waals surface area contributed by atoms with Crippen LogP contribution in [0.15, 0.2) is 11.3 Å². The molecular weight excluding hydrogens is 320 g/mol. The zero-order valence-electron chi connectivity index (χ0n) is 14.7. The summed E-state index contributed by atoms with van der Waals surface area (Å²) in [5, 5.41) is 7.10. The third kappa shape index (κ3) is 4.32. The minimum absolute atomic E-state index is 0.00543. The van der Waals surface area contributed by atoms with Crippen LogP contribution in [0.5, 0.6) is 0 Å². The number of hydrogen-bond acceptors (Lipinski definition) is 6. The van der Waals surface area contributed by atoms with Crippen molar-refractivity contribution in [3.8, 4) is 0 Å². The molecule has 8 heteroatoms. The van der Waals surface area contributed by atoms with E-state index in [0.717, 1.165) is 36.2 Å². The highest BCUT2D eigenvalue weighted by atomic mass is 16.2. The summed E-state index contributed by atoms with van der Waals surface area (Å²) in [6.07, 6.45) is 6.68. The van der Waals surface area contributed by atoms with Crippen molar-refractivity contribution < 1.29 is 9.59 Å². The van der Waals surface area contributed by atoms with Gasteiger partial charge in [0, 0.05) is 44.4 Å².